The number of carbonyl (C=O) groups is 2. The summed E-state index contributed by atoms with van der Waals surface area (Å²) in [6.07, 6.45) is 6.34. The van der Waals surface area contributed by atoms with Crippen LogP contribution in [0.1, 0.15) is 31.2 Å². The summed E-state index contributed by atoms with van der Waals surface area (Å²) in [5, 5.41) is 8.96. The van der Waals surface area contributed by atoms with Gasteiger partial charge in [-0.05, 0) is 25.0 Å². The van der Waals surface area contributed by atoms with E-state index in [1.807, 2.05) is 34.2 Å². The van der Waals surface area contributed by atoms with E-state index in [9.17, 15) is 9.59 Å². The Bertz CT molecular complexity index is 1290. The van der Waals surface area contributed by atoms with E-state index in [1.165, 1.54) is 0 Å². The SMILES string of the molecule is CC(=O)N1CCC(N2C(=O)N(C)Cc3cnc4ccc(-c5cnc(C#N)nc5)nc4c32)CC1. The third-order valence-corrected chi connectivity index (χ3v) is 6.27. The largest absolute Gasteiger partial charge is 0.343 e. The van der Waals surface area contributed by atoms with Crippen molar-refractivity contribution in [3.05, 3.63) is 42.1 Å². The number of nitrogens with zero attached hydrogens (tertiary/aromatic N) is 8. The van der Waals surface area contributed by atoms with Crippen LogP contribution in [0.5, 0.6) is 0 Å². The highest BCUT2D eigenvalue weighted by atomic mass is 16.2. The summed E-state index contributed by atoms with van der Waals surface area (Å²) in [7, 11) is 1.78. The van der Waals surface area contributed by atoms with Crippen LogP contribution in [0.15, 0.2) is 30.7 Å². The van der Waals surface area contributed by atoms with E-state index in [1.54, 1.807) is 31.3 Å². The van der Waals surface area contributed by atoms with Crippen LogP contribution in [-0.2, 0) is 11.3 Å². The lowest BCUT2D eigenvalue weighted by molar-refractivity contribution is -0.129. The van der Waals surface area contributed by atoms with Crippen molar-refractivity contribution in [2.24, 2.45) is 0 Å². The van der Waals surface area contributed by atoms with E-state index in [2.05, 4.69) is 15.0 Å². The zero-order valence-corrected chi connectivity index (χ0v) is 18.4. The molecule has 10 nitrogen and oxygen atoms in total. The van der Waals surface area contributed by atoms with E-state index in [0.717, 1.165) is 11.3 Å². The van der Waals surface area contributed by atoms with Gasteiger partial charge in [-0.2, -0.15) is 5.26 Å². The summed E-state index contributed by atoms with van der Waals surface area (Å²) in [5.41, 5.74) is 4.36. The first-order valence-electron chi connectivity index (χ1n) is 10.8. The number of urea groups is 1. The van der Waals surface area contributed by atoms with Crippen molar-refractivity contribution in [2.75, 3.05) is 25.0 Å². The van der Waals surface area contributed by atoms with Gasteiger partial charge in [0, 0.05) is 62.8 Å². The lowest BCUT2D eigenvalue weighted by Crippen LogP contribution is -2.54. The molecule has 0 saturated carbocycles. The number of nitriles is 1. The van der Waals surface area contributed by atoms with E-state index in [-0.39, 0.29) is 23.8 Å². The molecule has 0 unspecified atom stereocenters. The molecule has 166 valence electrons. The quantitative estimate of drug-likeness (QED) is 0.597. The predicted molar refractivity (Wildman–Crippen MR) is 120 cm³/mol. The molecule has 0 radical (unpaired) electrons. The fourth-order valence-electron chi connectivity index (χ4n) is 4.53. The van der Waals surface area contributed by atoms with E-state index in [0.29, 0.717) is 54.8 Å². The summed E-state index contributed by atoms with van der Waals surface area (Å²) in [5.74, 6) is 0.150. The van der Waals surface area contributed by atoms with E-state index < -0.39 is 0 Å². The third-order valence-electron chi connectivity index (χ3n) is 6.27. The molecule has 3 aromatic rings. The minimum Gasteiger partial charge on any atom is -0.343 e. The highest BCUT2D eigenvalue weighted by Crippen LogP contribution is 2.37. The van der Waals surface area contributed by atoms with Crippen LogP contribution in [0.25, 0.3) is 22.3 Å². The third kappa shape index (κ3) is 3.61. The number of anilines is 1. The first kappa shape index (κ1) is 20.8. The number of pyridine rings is 2. The minimum absolute atomic E-state index is 0.0381. The Morgan fingerprint density at radius 2 is 1.85 bits per heavy atom. The smallest absolute Gasteiger partial charge is 0.324 e. The molecular weight excluding hydrogens is 420 g/mol. The van der Waals surface area contributed by atoms with Gasteiger partial charge >= 0.3 is 6.03 Å². The number of piperidine rings is 1. The molecule has 2 aliphatic rings. The fraction of sp³-hybridized carbons (Fsp3) is 0.348. The topological polar surface area (TPSA) is 119 Å². The van der Waals surface area contributed by atoms with Gasteiger partial charge in [-0.3, -0.25) is 14.7 Å². The molecule has 10 heteroatoms. The molecule has 0 spiro atoms. The monoisotopic (exact) mass is 442 g/mol. The van der Waals surface area contributed by atoms with Crippen molar-refractivity contribution in [1.29, 1.82) is 5.26 Å². The molecule has 3 amide bonds. The molecule has 5 rings (SSSR count). The van der Waals surface area contributed by atoms with Gasteiger partial charge in [0.25, 0.3) is 0 Å². The molecule has 5 heterocycles. The number of fused-ring (bicyclic) bond motifs is 3. The number of hydrogen-bond donors (Lipinski definition) is 0. The molecule has 0 atom stereocenters. The van der Waals surface area contributed by atoms with Gasteiger partial charge in [0.1, 0.15) is 11.6 Å². The highest BCUT2D eigenvalue weighted by Gasteiger charge is 2.37. The van der Waals surface area contributed by atoms with Crippen molar-refractivity contribution >= 4 is 28.7 Å². The molecule has 1 fully saturated rings. The molecule has 33 heavy (non-hydrogen) atoms. The Hall–Kier alpha value is -4.13. The van der Waals surface area contributed by atoms with Crippen LogP contribution in [0.3, 0.4) is 0 Å². The summed E-state index contributed by atoms with van der Waals surface area (Å²) < 4.78 is 0. The number of hydrogen-bond acceptors (Lipinski definition) is 7. The Morgan fingerprint density at radius 1 is 1.12 bits per heavy atom. The summed E-state index contributed by atoms with van der Waals surface area (Å²) >= 11 is 0. The van der Waals surface area contributed by atoms with Gasteiger partial charge in [-0.15, -0.1) is 0 Å². The van der Waals surface area contributed by atoms with Gasteiger partial charge in [0.05, 0.1) is 23.4 Å². The maximum atomic E-state index is 13.3. The minimum atomic E-state index is -0.0785. The van der Waals surface area contributed by atoms with Crippen molar-refractivity contribution in [3.63, 3.8) is 0 Å². The van der Waals surface area contributed by atoms with Gasteiger partial charge in [0.2, 0.25) is 11.7 Å². The van der Waals surface area contributed by atoms with Crippen LogP contribution in [0.2, 0.25) is 0 Å². The first-order chi connectivity index (χ1) is 16.0. The van der Waals surface area contributed by atoms with Crippen LogP contribution >= 0.6 is 0 Å². The average molecular weight is 442 g/mol. The number of rotatable bonds is 2. The second kappa shape index (κ2) is 8.09. The Balaban J connectivity index is 1.60. The normalized spacial score (nSPS) is 16.6. The molecule has 0 bridgehead atoms. The van der Waals surface area contributed by atoms with Crippen LogP contribution in [-0.4, -0.2) is 67.9 Å². The lowest BCUT2D eigenvalue weighted by atomic mass is 9.99. The fourth-order valence-corrected chi connectivity index (χ4v) is 4.53. The summed E-state index contributed by atoms with van der Waals surface area (Å²) in [6, 6.07) is 5.50. The van der Waals surface area contributed by atoms with Crippen LogP contribution < -0.4 is 4.90 Å². The molecule has 3 aromatic heterocycles. The van der Waals surface area contributed by atoms with Crippen molar-refractivity contribution in [1.82, 2.24) is 29.7 Å². The maximum absolute atomic E-state index is 13.3. The Kier molecular flexibility index (Phi) is 5.09. The second-order valence-corrected chi connectivity index (χ2v) is 8.35. The Morgan fingerprint density at radius 3 is 2.52 bits per heavy atom. The summed E-state index contributed by atoms with van der Waals surface area (Å²) in [4.78, 5) is 48.0. The van der Waals surface area contributed by atoms with Gasteiger partial charge in [-0.25, -0.2) is 19.7 Å². The van der Waals surface area contributed by atoms with Gasteiger partial charge in [0.15, 0.2) is 0 Å². The number of likely N-dealkylation sites (tertiary alicyclic amines) is 1. The van der Waals surface area contributed by atoms with Gasteiger partial charge in [-0.1, -0.05) is 0 Å². The van der Waals surface area contributed by atoms with Crippen molar-refractivity contribution in [2.45, 2.75) is 32.4 Å². The molecule has 2 aliphatic heterocycles. The molecule has 0 aromatic carbocycles. The second-order valence-electron chi connectivity index (χ2n) is 8.35. The lowest BCUT2D eigenvalue weighted by Gasteiger charge is -2.43. The first-order valence-corrected chi connectivity index (χ1v) is 10.8. The number of aromatic nitrogens is 4. The van der Waals surface area contributed by atoms with Gasteiger partial charge < -0.3 is 9.80 Å². The average Bonchev–Trinajstić information content (AvgIpc) is 2.84. The van der Waals surface area contributed by atoms with Crippen molar-refractivity contribution < 1.29 is 9.59 Å². The number of amides is 3. The van der Waals surface area contributed by atoms with E-state index in [4.69, 9.17) is 10.2 Å². The number of carbonyl (C=O) groups excluding carboxylic acids is 2. The van der Waals surface area contributed by atoms with Crippen molar-refractivity contribution in [3.8, 4) is 17.3 Å². The molecule has 0 N–H and O–H groups in total. The molecular formula is C23H22N8O2. The maximum Gasteiger partial charge on any atom is 0.324 e. The van der Waals surface area contributed by atoms with Crippen LogP contribution in [0.4, 0.5) is 10.5 Å². The zero-order chi connectivity index (χ0) is 23.1. The predicted octanol–water partition coefficient (Wildman–Crippen LogP) is 2.34. The zero-order valence-electron chi connectivity index (χ0n) is 18.4. The Labute approximate surface area is 190 Å². The van der Waals surface area contributed by atoms with E-state index >= 15 is 0 Å². The molecule has 0 aliphatic carbocycles. The van der Waals surface area contributed by atoms with Crippen LogP contribution in [0, 0.1) is 11.3 Å². The highest BCUT2D eigenvalue weighted by molar-refractivity contribution is 6.04. The molecule has 1 saturated heterocycles. The summed E-state index contributed by atoms with van der Waals surface area (Å²) in [6.45, 7) is 3.26. The standard InChI is InChI=1S/C23H22N8O2/c1-14(32)30-7-5-17(6-8-30)31-22-16(13-29(2)23(31)33)12-25-19-4-3-18(28-21(19)22)15-10-26-20(9-24)27-11-15/h3-4,10-12,17H,5-8,13H2,1-2H3.